The normalized spacial score (nSPS) is 10.7. The fraction of sp³-hybridized carbons (Fsp3) is 0.375. The van der Waals surface area contributed by atoms with Crippen molar-refractivity contribution in [1.82, 2.24) is 4.98 Å². The van der Waals surface area contributed by atoms with Crippen LogP contribution in [0.3, 0.4) is 0 Å². The second kappa shape index (κ2) is 4.89. The second-order valence-electron chi connectivity index (χ2n) is 2.44. The van der Waals surface area contributed by atoms with Crippen LogP contribution in [0.4, 0.5) is 8.78 Å². The molecule has 1 rings (SSSR count). The zero-order valence-corrected chi connectivity index (χ0v) is 9.57. The quantitative estimate of drug-likeness (QED) is 0.793. The number of hydrogen-bond acceptors (Lipinski definition) is 2. The number of ether oxygens (including phenoxy) is 1. The van der Waals surface area contributed by atoms with Crippen LogP contribution < -0.4 is 4.74 Å². The molecule has 1 aromatic heterocycles. The predicted octanol–water partition coefficient (Wildman–Crippen LogP) is 3.53. The molecule has 0 N–H and O–H groups in total. The number of pyridine rings is 1. The molecule has 0 saturated heterocycles. The maximum Gasteiger partial charge on any atom is 0.269 e. The topological polar surface area (TPSA) is 22.1 Å². The van der Waals surface area contributed by atoms with Gasteiger partial charge in [-0.2, -0.15) is 0 Å². The van der Waals surface area contributed by atoms with E-state index in [-0.39, 0.29) is 17.3 Å². The van der Waals surface area contributed by atoms with Crippen molar-refractivity contribution in [2.45, 2.75) is 12.3 Å². The first kappa shape index (κ1) is 11.7. The Hall–Kier alpha value is -0.420. The zero-order chi connectivity index (χ0) is 10.7. The van der Waals surface area contributed by atoms with Gasteiger partial charge in [0, 0.05) is 16.5 Å². The summed E-state index contributed by atoms with van der Waals surface area (Å²) in [4.78, 5) is 3.72. The van der Waals surface area contributed by atoms with Gasteiger partial charge in [0.05, 0.1) is 12.7 Å². The number of hydrogen-bond donors (Lipinski definition) is 0. The lowest BCUT2D eigenvalue weighted by Gasteiger charge is -2.11. The van der Waals surface area contributed by atoms with Crippen LogP contribution in [0.15, 0.2) is 10.7 Å². The van der Waals surface area contributed by atoms with E-state index in [2.05, 4.69) is 20.9 Å². The minimum atomic E-state index is -2.65. The minimum Gasteiger partial charge on any atom is -0.481 e. The molecule has 1 aromatic rings. The molecule has 6 heteroatoms. The van der Waals surface area contributed by atoms with Gasteiger partial charge in [-0.05, 0) is 21.5 Å². The maximum atomic E-state index is 12.6. The summed E-state index contributed by atoms with van der Waals surface area (Å²) in [6.07, 6.45) is -1.26. The highest BCUT2D eigenvalue weighted by Gasteiger charge is 2.21. The molecule has 0 aliphatic heterocycles. The first-order valence-electron chi connectivity index (χ1n) is 3.67. The molecule has 0 aliphatic carbocycles. The van der Waals surface area contributed by atoms with Gasteiger partial charge in [0.2, 0.25) is 5.88 Å². The van der Waals surface area contributed by atoms with Crippen LogP contribution in [0, 0.1) is 0 Å². The molecule has 1 heterocycles. The lowest BCUT2D eigenvalue weighted by atomic mass is 10.1. The highest BCUT2D eigenvalue weighted by molar-refractivity contribution is 9.10. The van der Waals surface area contributed by atoms with Crippen LogP contribution in [0.2, 0.25) is 0 Å². The van der Waals surface area contributed by atoms with E-state index in [1.165, 1.54) is 13.3 Å². The smallest absolute Gasteiger partial charge is 0.269 e. The Labute approximate surface area is 93.4 Å². The molecular formula is C8H7BrClF2NO. The van der Waals surface area contributed by atoms with Gasteiger partial charge in [-0.3, -0.25) is 0 Å². The Kier molecular flexibility index (Phi) is 4.07. The molecule has 0 fully saturated rings. The first-order valence-corrected chi connectivity index (χ1v) is 5.00. The molecular weight excluding hydrogens is 279 g/mol. The van der Waals surface area contributed by atoms with Gasteiger partial charge in [0.25, 0.3) is 6.43 Å². The van der Waals surface area contributed by atoms with Gasteiger partial charge in [-0.1, -0.05) is 0 Å². The van der Waals surface area contributed by atoms with E-state index < -0.39 is 6.43 Å². The van der Waals surface area contributed by atoms with Crippen molar-refractivity contribution in [1.29, 1.82) is 0 Å². The number of aromatic nitrogens is 1. The van der Waals surface area contributed by atoms with Gasteiger partial charge < -0.3 is 4.74 Å². The number of methoxy groups -OCH3 is 1. The van der Waals surface area contributed by atoms with Crippen LogP contribution in [0.5, 0.6) is 5.88 Å². The van der Waals surface area contributed by atoms with Crippen LogP contribution in [-0.4, -0.2) is 12.1 Å². The molecule has 0 spiro atoms. The fourth-order valence-corrected chi connectivity index (χ4v) is 1.95. The summed E-state index contributed by atoms with van der Waals surface area (Å²) in [5.74, 6) is -0.0991. The van der Waals surface area contributed by atoms with E-state index >= 15 is 0 Å². The van der Waals surface area contributed by atoms with Crippen molar-refractivity contribution in [3.05, 3.63) is 21.8 Å². The standard InChI is InChI=1S/C8H7BrClF2NO/c1-14-8-6(7(11)12)4(2-10)5(9)3-13-8/h3,7H,2H2,1H3. The molecule has 0 atom stereocenters. The Morgan fingerprint density at radius 1 is 1.64 bits per heavy atom. The first-order chi connectivity index (χ1) is 6.61. The third kappa shape index (κ3) is 2.15. The largest absolute Gasteiger partial charge is 0.481 e. The summed E-state index contributed by atoms with van der Waals surface area (Å²) in [6.45, 7) is 0. The van der Waals surface area contributed by atoms with Crippen LogP contribution in [0.25, 0.3) is 0 Å². The highest BCUT2D eigenvalue weighted by Crippen LogP contribution is 2.35. The maximum absolute atomic E-state index is 12.6. The molecule has 78 valence electrons. The third-order valence-corrected chi connectivity index (χ3v) is 2.63. The summed E-state index contributed by atoms with van der Waals surface area (Å²) in [6, 6.07) is 0. The molecule has 0 radical (unpaired) electrons. The van der Waals surface area contributed by atoms with Crippen molar-refractivity contribution < 1.29 is 13.5 Å². The predicted molar refractivity (Wildman–Crippen MR) is 53.0 cm³/mol. The number of alkyl halides is 3. The Morgan fingerprint density at radius 2 is 2.29 bits per heavy atom. The van der Waals surface area contributed by atoms with Gasteiger partial charge in [-0.15, -0.1) is 11.6 Å². The second-order valence-corrected chi connectivity index (χ2v) is 3.56. The van der Waals surface area contributed by atoms with Crippen molar-refractivity contribution in [2.24, 2.45) is 0 Å². The summed E-state index contributed by atoms with van der Waals surface area (Å²) < 4.78 is 30.5. The Balaban J connectivity index is 3.36. The van der Waals surface area contributed by atoms with E-state index in [1.807, 2.05) is 0 Å². The van der Waals surface area contributed by atoms with Gasteiger partial charge in [0.1, 0.15) is 0 Å². The van der Waals surface area contributed by atoms with E-state index in [1.54, 1.807) is 0 Å². The van der Waals surface area contributed by atoms with Crippen molar-refractivity contribution in [3.63, 3.8) is 0 Å². The molecule has 0 amide bonds. The van der Waals surface area contributed by atoms with E-state index in [9.17, 15) is 8.78 Å². The number of nitrogens with zero attached hydrogens (tertiary/aromatic N) is 1. The highest BCUT2D eigenvalue weighted by atomic mass is 79.9. The Bertz CT molecular complexity index is 335. The van der Waals surface area contributed by atoms with Crippen LogP contribution in [0.1, 0.15) is 17.6 Å². The Morgan fingerprint density at radius 3 is 2.71 bits per heavy atom. The van der Waals surface area contributed by atoms with Gasteiger partial charge in [-0.25, -0.2) is 13.8 Å². The van der Waals surface area contributed by atoms with Crippen LogP contribution in [-0.2, 0) is 5.88 Å². The summed E-state index contributed by atoms with van der Waals surface area (Å²) in [7, 11) is 1.29. The molecule has 0 unspecified atom stereocenters. The van der Waals surface area contributed by atoms with Crippen molar-refractivity contribution in [2.75, 3.05) is 7.11 Å². The van der Waals surface area contributed by atoms with Gasteiger partial charge in [0.15, 0.2) is 0 Å². The molecule has 2 nitrogen and oxygen atoms in total. The lowest BCUT2D eigenvalue weighted by molar-refractivity contribution is 0.145. The number of rotatable bonds is 3. The van der Waals surface area contributed by atoms with E-state index in [4.69, 9.17) is 16.3 Å². The van der Waals surface area contributed by atoms with Gasteiger partial charge >= 0.3 is 0 Å². The molecule has 14 heavy (non-hydrogen) atoms. The molecule has 0 aliphatic rings. The molecule has 0 saturated carbocycles. The SMILES string of the molecule is COc1ncc(Br)c(CCl)c1C(F)F. The van der Waals surface area contributed by atoms with E-state index in [0.29, 0.717) is 10.0 Å². The number of halogens is 4. The third-order valence-electron chi connectivity index (χ3n) is 1.68. The summed E-state index contributed by atoms with van der Waals surface area (Å²) in [5, 5.41) is 0. The lowest BCUT2D eigenvalue weighted by Crippen LogP contribution is -2.01. The minimum absolute atomic E-state index is 0.0147. The summed E-state index contributed by atoms with van der Waals surface area (Å²) in [5.41, 5.74) is 0.0605. The average molecular weight is 287 g/mol. The molecule has 0 aromatic carbocycles. The molecule has 0 bridgehead atoms. The fourth-order valence-electron chi connectivity index (χ4n) is 1.04. The average Bonchev–Trinajstić information content (AvgIpc) is 2.17. The zero-order valence-electron chi connectivity index (χ0n) is 7.23. The van der Waals surface area contributed by atoms with E-state index in [0.717, 1.165) is 0 Å². The monoisotopic (exact) mass is 285 g/mol. The van der Waals surface area contributed by atoms with Crippen molar-refractivity contribution in [3.8, 4) is 5.88 Å². The van der Waals surface area contributed by atoms with Crippen LogP contribution >= 0.6 is 27.5 Å². The van der Waals surface area contributed by atoms with Crippen molar-refractivity contribution >= 4 is 27.5 Å². The summed E-state index contributed by atoms with van der Waals surface area (Å²) >= 11 is 8.67.